The molecule has 1 heterocycles. The van der Waals surface area contributed by atoms with Crippen molar-refractivity contribution >= 4 is 5.82 Å². The van der Waals surface area contributed by atoms with Crippen LogP contribution in [0.5, 0.6) is 0 Å². The summed E-state index contributed by atoms with van der Waals surface area (Å²) in [6, 6.07) is 5.44. The molecule has 0 spiro atoms. The third kappa shape index (κ3) is 3.22. The van der Waals surface area contributed by atoms with Crippen molar-refractivity contribution in [2.24, 2.45) is 0 Å². The zero-order valence-electron chi connectivity index (χ0n) is 8.99. The van der Waals surface area contributed by atoms with Crippen molar-refractivity contribution < 1.29 is 5.11 Å². The standard InChI is InChI=1S/C11H15N3O/c1-3-11(2,15)8-14-10-9(7-12)5-4-6-13-10/h4-6,15H,3,8H2,1-2H3,(H,13,14). The second-order valence-corrected chi connectivity index (χ2v) is 3.72. The summed E-state index contributed by atoms with van der Waals surface area (Å²) in [4.78, 5) is 4.04. The molecular formula is C11H15N3O. The molecule has 0 aliphatic carbocycles. The fourth-order valence-electron chi connectivity index (χ4n) is 1.04. The number of hydrogen-bond donors (Lipinski definition) is 2. The normalized spacial score (nSPS) is 14.0. The number of aliphatic hydroxyl groups is 1. The van der Waals surface area contributed by atoms with Gasteiger partial charge >= 0.3 is 0 Å². The lowest BCUT2D eigenvalue weighted by Crippen LogP contribution is -2.32. The molecule has 1 unspecified atom stereocenters. The lowest BCUT2D eigenvalue weighted by molar-refractivity contribution is 0.0696. The predicted octanol–water partition coefficient (Wildman–Crippen LogP) is 1.53. The van der Waals surface area contributed by atoms with Crippen molar-refractivity contribution in [3.8, 4) is 6.07 Å². The maximum Gasteiger partial charge on any atom is 0.143 e. The Kier molecular flexibility index (Phi) is 3.64. The first kappa shape index (κ1) is 11.5. The Labute approximate surface area is 89.6 Å². The molecule has 0 bridgehead atoms. The van der Waals surface area contributed by atoms with E-state index in [4.69, 9.17) is 5.26 Å². The van der Waals surface area contributed by atoms with Crippen LogP contribution in [-0.4, -0.2) is 22.2 Å². The average molecular weight is 205 g/mol. The molecule has 0 aliphatic rings. The molecule has 1 aromatic rings. The highest BCUT2D eigenvalue weighted by atomic mass is 16.3. The SMILES string of the molecule is CCC(C)(O)CNc1ncccc1C#N. The van der Waals surface area contributed by atoms with E-state index in [0.29, 0.717) is 24.3 Å². The van der Waals surface area contributed by atoms with Gasteiger partial charge in [-0.1, -0.05) is 6.92 Å². The Morgan fingerprint density at radius 1 is 1.67 bits per heavy atom. The quantitative estimate of drug-likeness (QED) is 0.782. The molecule has 2 N–H and O–H groups in total. The first-order valence-electron chi connectivity index (χ1n) is 4.90. The molecule has 4 heteroatoms. The molecule has 0 radical (unpaired) electrons. The van der Waals surface area contributed by atoms with E-state index in [1.807, 2.05) is 13.0 Å². The van der Waals surface area contributed by atoms with Gasteiger partial charge in [0.25, 0.3) is 0 Å². The van der Waals surface area contributed by atoms with Crippen molar-refractivity contribution in [1.29, 1.82) is 5.26 Å². The van der Waals surface area contributed by atoms with E-state index in [-0.39, 0.29) is 0 Å². The zero-order valence-corrected chi connectivity index (χ0v) is 8.99. The van der Waals surface area contributed by atoms with Crippen LogP contribution in [0.4, 0.5) is 5.82 Å². The maximum absolute atomic E-state index is 9.77. The highest BCUT2D eigenvalue weighted by Crippen LogP contribution is 2.13. The monoisotopic (exact) mass is 205 g/mol. The van der Waals surface area contributed by atoms with Crippen molar-refractivity contribution in [3.05, 3.63) is 23.9 Å². The predicted molar refractivity (Wildman–Crippen MR) is 58.4 cm³/mol. The smallest absolute Gasteiger partial charge is 0.143 e. The molecule has 0 saturated heterocycles. The molecule has 4 nitrogen and oxygen atoms in total. The molecule has 15 heavy (non-hydrogen) atoms. The van der Waals surface area contributed by atoms with E-state index in [1.54, 1.807) is 25.3 Å². The van der Waals surface area contributed by atoms with Crippen LogP contribution in [0.2, 0.25) is 0 Å². The summed E-state index contributed by atoms with van der Waals surface area (Å²) in [5.41, 5.74) is -0.283. The summed E-state index contributed by atoms with van der Waals surface area (Å²) in [6.07, 6.45) is 2.26. The van der Waals surface area contributed by atoms with Gasteiger partial charge < -0.3 is 10.4 Å². The Bertz CT molecular complexity index is 368. The molecule has 1 aromatic heterocycles. The van der Waals surface area contributed by atoms with Gasteiger partial charge in [0.1, 0.15) is 11.9 Å². The van der Waals surface area contributed by atoms with Crippen LogP contribution in [0.3, 0.4) is 0 Å². The molecule has 0 amide bonds. The van der Waals surface area contributed by atoms with E-state index in [9.17, 15) is 5.11 Å². The summed E-state index contributed by atoms with van der Waals surface area (Å²) in [5, 5.41) is 21.6. The minimum absolute atomic E-state index is 0.384. The first-order valence-corrected chi connectivity index (χ1v) is 4.90. The van der Waals surface area contributed by atoms with Crippen molar-refractivity contribution in [2.75, 3.05) is 11.9 Å². The molecule has 1 atom stereocenters. The summed E-state index contributed by atoms with van der Waals surface area (Å²) in [7, 11) is 0. The first-order chi connectivity index (χ1) is 7.09. The van der Waals surface area contributed by atoms with Gasteiger partial charge in [0, 0.05) is 12.7 Å². The molecule has 80 valence electrons. The topological polar surface area (TPSA) is 68.9 Å². The van der Waals surface area contributed by atoms with Gasteiger partial charge in [0.15, 0.2) is 0 Å². The van der Waals surface area contributed by atoms with Crippen LogP contribution >= 0.6 is 0 Å². The van der Waals surface area contributed by atoms with E-state index in [0.717, 1.165) is 0 Å². The number of nitrogens with zero attached hydrogens (tertiary/aromatic N) is 2. The van der Waals surface area contributed by atoms with Crippen LogP contribution < -0.4 is 5.32 Å². The van der Waals surface area contributed by atoms with Crippen LogP contribution in [0.25, 0.3) is 0 Å². The average Bonchev–Trinajstić information content (AvgIpc) is 2.27. The number of anilines is 1. The van der Waals surface area contributed by atoms with Gasteiger partial charge in [-0.05, 0) is 25.5 Å². The number of nitriles is 1. The van der Waals surface area contributed by atoms with Crippen molar-refractivity contribution in [1.82, 2.24) is 4.98 Å². The Hall–Kier alpha value is -1.60. The fraction of sp³-hybridized carbons (Fsp3) is 0.455. The Balaban J connectivity index is 2.70. The van der Waals surface area contributed by atoms with Crippen LogP contribution in [-0.2, 0) is 0 Å². The number of hydrogen-bond acceptors (Lipinski definition) is 4. The third-order valence-corrected chi connectivity index (χ3v) is 2.33. The molecule has 0 fully saturated rings. The second kappa shape index (κ2) is 4.76. The highest BCUT2D eigenvalue weighted by molar-refractivity contribution is 5.51. The fourth-order valence-corrected chi connectivity index (χ4v) is 1.04. The molecule has 0 aromatic carbocycles. The minimum atomic E-state index is -0.774. The summed E-state index contributed by atoms with van der Waals surface area (Å²) >= 11 is 0. The van der Waals surface area contributed by atoms with E-state index in [1.165, 1.54) is 0 Å². The van der Waals surface area contributed by atoms with E-state index >= 15 is 0 Å². The lowest BCUT2D eigenvalue weighted by atomic mass is 10.0. The molecule has 0 aliphatic heterocycles. The molecule has 1 rings (SSSR count). The van der Waals surface area contributed by atoms with E-state index in [2.05, 4.69) is 10.3 Å². The van der Waals surface area contributed by atoms with Crippen molar-refractivity contribution in [3.63, 3.8) is 0 Å². The van der Waals surface area contributed by atoms with Crippen LogP contribution in [0.1, 0.15) is 25.8 Å². The van der Waals surface area contributed by atoms with Crippen LogP contribution in [0, 0.1) is 11.3 Å². The molecular weight excluding hydrogens is 190 g/mol. The number of aromatic nitrogens is 1. The maximum atomic E-state index is 9.77. The van der Waals surface area contributed by atoms with Crippen LogP contribution in [0.15, 0.2) is 18.3 Å². The Morgan fingerprint density at radius 3 is 3.00 bits per heavy atom. The number of nitrogens with one attached hydrogen (secondary N) is 1. The van der Waals surface area contributed by atoms with E-state index < -0.39 is 5.60 Å². The highest BCUT2D eigenvalue weighted by Gasteiger charge is 2.17. The van der Waals surface area contributed by atoms with Gasteiger partial charge in [-0.2, -0.15) is 5.26 Å². The van der Waals surface area contributed by atoms with Gasteiger partial charge in [-0.25, -0.2) is 4.98 Å². The zero-order chi connectivity index (χ0) is 11.3. The van der Waals surface area contributed by atoms with Gasteiger partial charge in [0.2, 0.25) is 0 Å². The third-order valence-electron chi connectivity index (χ3n) is 2.33. The van der Waals surface area contributed by atoms with Crippen molar-refractivity contribution in [2.45, 2.75) is 25.9 Å². The summed E-state index contributed by atoms with van der Waals surface area (Å²) < 4.78 is 0. The molecule has 0 saturated carbocycles. The summed E-state index contributed by atoms with van der Waals surface area (Å²) in [6.45, 7) is 4.04. The second-order valence-electron chi connectivity index (χ2n) is 3.72. The number of rotatable bonds is 4. The lowest BCUT2D eigenvalue weighted by Gasteiger charge is -2.22. The van der Waals surface area contributed by atoms with Gasteiger partial charge in [-0.15, -0.1) is 0 Å². The summed E-state index contributed by atoms with van der Waals surface area (Å²) in [5.74, 6) is 0.522. The largest absolute Gasteiger partial charge is 0.388 e. The number of pyridine rings is 1. The Morgan fingerprint density at radius 2 is 2.40 bits per heavy atom. The van der Waals surface area contributed by atoms with Gasteiger partial charge in [0.05, 0.1) is 11.2 Å². The van der Waals surface area contributed by atoms with Gasteiger partial charge in [-0.3, -0.25) is 0 Å². The minimum Gasteiger partial charge on any atom is -0.388 e.